The van der Waals surface area contributed by atoms with Crippen LogP contribution in [0.5, 0.6) is 5.75 Å². The normalized spacial score (nSPS) is 19.9. The summed E-state index contributed by atoms with van der Waals surface area (Å²) >= 11 is 0. The first kappa shape index (κ1) is 20.3. The Morgan fingerprint density at radius 2 is 1.90 bits per heavy atom. The van der Waals surface area contributed by atoms with Crippen molar-refractivity contribution in [2.45, 2.75) is 6.42 Å². The molecule has 160 valence electrons. The molecule has 2 aliphatic rings. The number of methoxy groups -OCH3 is 1. The number of guanidine groups is 1. The molecule has 1 atom stereocenters. The predicted octanol–water partition coefficient (Wildman–Crippen LogP) is 1.71. The first-order valence-corrected chi connectivity index (χ1v) is 10.6. The molecular formula is C22H31N7O. The standard InChI is InChI=1S/C22H31N7O/c1-23-21(27-11-13-28(14-12-27)22-24-8-4-9-25-22)26-16-18-7-10-29(17-18)19-5-3-6-20(15-19)30-2/h3-6,8-9,15,18H,7,10-14,16-17H2,1-2H3,(H,23,26). The second kappa shape index (κ2) is 9.65. The van der Waals surface area contributed by atoms with Crippen LogP contribution in [0, 0.1) is 5.92 Å². The lowest BCUT2D eigenvalue weighted by molar-refractivity contribution is 0.367. The highest BCUT2D eigenvalue weighted by Gasteiger charge is 2.25. The van der Waals surface area contributed by atoms with Crippen molar-refractivity contribution < 1.29 is 4.74 Å². The molecule has 0 spiro atoms. The third kappa shape index (κ3) is 4.75. The summed E-state index contributed by atoms with van der Waals surface area (Å²) in [7, 11) is 3.58. The fourth-order valence-electron chi connectivity index (χ4n) is 4.18. The molecule has 8 heteroatoms. The van der Waals surface area contributed by atoms with Gasteiger partial charge in [-0.2, -0.15) is 0 Å². The minimum Gasteiger partial charge on any atom is -0.497 e. The maximum absolute atomic E-state index is 5.37. The average molecular weight is 410 g/mol. The van der Waals surface area contributed by atoms with E-state index >= 15 is 0 Å². The quantitative estimate of drug-likeness (QED) is 0.596. The summed E-state index contributed by atoms with van der Waals surface area (Å²) in [5.74, 6) is 3.31. The number of aromatic nitrogens is 2. The lowest BCUT2D eigenvalue weighted by atomic mass is 10.1. The number of nitrogens with zero attached hydrogens (tertiary/aromatic N) is 6. The zero-order valence-corrected chi connectivity index (χ0v) is 17.9. The van der Waals surface area contributed by atoms with Gasteiger partial charge in [0.25, 0.3) is 0 Å². The number of benzene rings is 1. The maximum atomic E-state index is 5.37. The smallest absolute Gasteiger partial charge is 0.225 e. The van der Waals surface area contributed by atoms with Crippen LogP contribution >= 0.6 is 0 Å². The van der Waals surface area contributed by atoms with Gasteiger partial charge in [0.05, 0.1) is 7.11 Å². The number of nitrogens with one attached hydrogen (secondary N) is 1. The number of piperazine rings is 1. The van der Waals surface area contributed by atoms with Crippen molar-refractivity contribution in [3.63, 3.8) is 0 Å². The molecule has 0 aliphatic carbocycles. The summed E-state index contributed by atoms with van der Waals surface area (Å²) in [6.45, 7) is 6.70. The highest BCUT2D eigenvalue weighted by Crippen LogP contribution is 2.26. The summed E-state index contributed by atoms with van der Waals surface area (Å²) < 4.78 is 5.37. The van der Waals surface area contributed by atoms with Gasteiger partial charge in [0.1, 0.15) is 5.75 Å². The van der Waals surface area contributed by atoms with Crippen LogP contribution in [-0.2, 0) is 0 Å². The van der Waals surface area contributed by atoms with Crippen molar-refractivity contribution in [1.82, 2.24) is 20.2 Å². The fourth-order valence-corrected chi connectivity index (χ4v) is 4.18. The molecule has 30 heavy (non-hydrogen) atoms. The van der Waals surface area contributed by atoms with Crippen molar-refractivity contribution in [2.75, 3.05) is 69.8 Å². The van der Waals surface area contributed by atoms with Gasteiger partial charge in [0.2, 0.25) is 5.95 Å². The van der Waals surface area contributed by atoms with Crippen LogP contribution in [-0.4, -0.2) is 80.8 Å². The molecule has 2 saturated heterocycles. The molecule has 0 amide bonds. The molecule has 1 N–H and O–H groups in total. The van der Waals surface area contributed by atoms with Gasteiger partial charge >= 0.3 is 0 Å². The molecule has 1 aromatic heterocycles. The molecule has 1 aromatic carbocycles. The van der Waals surface area contributed by atoms with Crippen molar-refractivity contribution in [3.8, 4) is 5.75 Å². The molecule has 0 bridgehead atoms. The monoisotopic (exact) mass is 409 g/mol. The van der Waals surface area contributed by atoms with Gasteiger partial charge in [0, 0.05) is 77.0 Å². The molecule has 2 aliphatic heterocycles. The van der Waals surface area contributed by atoms with Gasteiger partial charge in [-0.15, -0.1) is 0 Å². The van der Waals surface area contributed by atoms with Crippen molar-refractivity contribution in [1.29, 1.82) is 0 Å². The van der Waals surface area contributed by atoms with E-state index < -0.39 is 0 Å². The third-order valence-electron chi connectivity index (χ3n) is 5.88. The van der Waals surface area contributed by atoms with E-state index in [0.29, 0.717) is 5.92 Å². The Bertz CT molecular complexity index is 836. The Morgan fingerprint density at radius 1 is 1.10 bits per heavy atom. The van der Waals surface area contributed by atoms with E-state index in [2.05, 4.69) is 53.2 Å². The fraction of sp³-hybridized carbons (Fsp3) is 0.500. The summed E-state index contributed by atoms with van der Waals surface area (Å²) in [4.78, 5) is 20.2. The Hall–Kier alpha value is -3.03. The van der Waals surface area contributed by atoms with Crippen LogP contribution in [0.3, 0.4) is 0 Å². The largest absolute Gasteiger partial charge is 0.497 e. The van der Waals surface area contributed by atoms with E-state index in [1.54, 1.807) is 19.5 Å². The molecule has 3 heterocycles. The van der Waals surface area contributed by atoms with Crippen LogP contribution in [0.2, 0.25) is 0 Å². The number of anilines is 2. The number of hydrogen-bond donors (Lipinski definition) is 1. The van der Waals surface area contributed by atoms with Gasteiger partial charge < -0.3 is 24.8 Å². The van der Waals surface area contributed by atoms with E-state index in [1.165, 1.54) is 12.1 Å². The summed E-state index contributed by atoms with van der Waals surface area (Å²) in [5.41, 5.74) is 1.24. The van der Waals surface area contributed by atoms with Crippen LogP contribution in [0.25, 0.3) is 0 Å². The lowest BCUT2D eigenvalue weighted by Crippen LogP contribution is -2.53. The first-order valence-electron chi connectivity index (χ1n) is 10.6. The Balaban J connectivity index is 1.25. The molecule has 2 fully saturated rings. The number of aliphatic imine (C=N–C) groups is 1. The zero-order chi connectivity index (χ0) is 20.8. The second-order valence-corrected chi connectivity index (χ2v) is 7.75. The van der Waals surface area contributed by atoms with Crippen LogP contribution in [0.4, 0.5) is 11.6 Å². The highest BCUT2D eigenvalue weighted by molar-refractivity contribution is 5.80. The molecule has 1 unspecified atom stereocenters. The maximum Gasteiger partial charge on any atom is 0.225 e. The number of ether oxygens (including phenoxy) is 1. The zero-order valence-electron chi connectivity index (χ0n) is 17.9. The average Bonchev–Trinajstić information content (AvgIpc) is 3.30. The number of hydrogen-bond acceptors (Lipinski definition) is 6. The van der Waals surface area contributed by atoms with Crippen molar-refractivity contribution in [2.24, 2.45) is 10.9 Å². The van der Waals surface area contributed by atoms with Gasteiger partial charge in [0.15, 0.2) is 5.96 Å². The van der Waals surface area contributed by atoms with E-state index in [-0.39, 0.29) is 0 Å². The van der Waals surface area contributed by atoms with E-state index in [1.807, 2.05) is 19.2 Å². The van der Waals surface area contributed by atoms with Gasteiger partial charge in [-0.05, 0) is 30.5 Å². The van der Waals surface area contributed by atoms with E-state index in [9.17, 15) is 0 Å². The lowest BCUT2D eigenvalue weighted by Gasteiger charge is -2.36. The van der Waals surface area contributed by atoms with Crippen LogP contribution in [0.1, 0.15) is 6.42 Å². The molecular weight excluding hydrogens is 378 g/mol. The predicted molar refractivity (Wildman–Crippen MR) is 120 cm³/mol. The van der Waals surface area contributed by atoms with Crippen molar-refractivity contribution in [3.05, 3.63) is 42.7 Å². The van der Waals surface area contributed by atoms with Gasteiger partial charge in [-0.1, -0.05) is 6.07 Å². The molecule has 0 radical (unpaired) electrons. The summed E-state index contributed by atoms with van der Waals surface area (Å²) in [6, 6.07) is 10.2. The Kier molecular flexibility index (Phi) is 6.51. The van der Waals surface area contributed by atoms with E-state index in [4.69, 9.17) is 4.74 Å². The Labute approximate surface area is 178 Å². The number of rotatable bonds is 5. The first-order chi connectivity index (χ1) is 14.8. The van der Waals surface area contributed by atoms with Crippen LogP contribution in [0.15, 0.2) is 47.7 Å². The minimum absolute atomic E-state index is 0.604. The van der Waals surface area contributed by atoms with Gasteiger partial charge in [-0.3, -0.25) is 4.99 Å². The highest BCUT2D eigenvalue weighted by atomic mass is 16.5. The van der Waals surface area contributed by atoms with E-state index in [0.717, 1.165) is 63.5 Å². The summed E-state index contributed by atoms with van der Waals surface area (Å²) in [5, 5.41) is 3.61. The molecule has 0 saturated carbocycles. The molecule has 2 aromatic rings. The minimum atomic E-state index is 0.604. The molecule has 8 nitrogen and oxygen atoms in total. The summed E-state index contributed by atoms with van der Waals surface area (Å²) in [6.07, 6.45) is 4.78. The second-order valence-electron chi connectivity index (χ2n) is 7.75. The third-order valence-corrected chi connectivity index (χ3v) is 5.88. The van der Waals surface area contributed by atoms with Crippen LogP contribution < -0.4 is 19.9 Å². The molecule has 4 rings (SSSR count). The topological polar surface area (TPSA) is 69.1 Å². The van der Waals surface area contributed by atoms with Gasteiger partial charge in [-0.25, -0.2) is 9.97 Å². The SMILES string of the molecule is CN=C(NCC1CCN(c2cccc(OC)c2)C1)N1CCN(c2ncccn2)CC1. The Morgan fingerprint density at radius 3 is 2.63 bits per heavy atom. The van der Waals surface area contributed by atoms with Crippen molar-refractivity contribution >= 4 is 17.6 Å².